The molecule has 26 heavy (non-hydrogen) atoms. The summed E-state index contributed by atoms with van der Waals surface area (Å²) in [5.41, 5.74) is 3.94. The second-order valence-electron chi connectivity index (χ2n) is 6.71. The van der Waals surface area contributed by atoms with E-state index in [-0.39, 0.29) is 16.8 Å². The van der Waals surface area contributed by atoms with Crippen LogP contribution in [0.25, 0.3) is 0 Å². The molecule has 0 spiro atoms. The van der Waals surface area contributed by atoms with Crippen LogP contribution < -0.4 is 10.0 Å². The van der Waals surface area contributed by atoms with Crippen LogP contribution in [-0.2, 0) is 21.2 Å². The molecule has 1 atom stereocenters. The minimum atomic E-state index is -3.74. The zero-order chi connectivity index (χ0) is 19.1. The number of carbonyl (C=O) groups excluding carboxylic acids is 1. The minimum absolute atomic E-state index is 0.00700. The van der Waals surface area contributed by atoms with Gasteiger partial charge in [0.1, 0.15) is 0 Å². The molecule has 7 heteroatoms. The summed E-state index contributed by atoms with van der Waals surface area (Å²) in [4.78, 5) is 15.8. The van der Waals surface area contributed by atoms with Gasteiger partial charge in [-0.3, -0.25) is 4.79 Å². The monoisotopic (exact) mass is 390 g/mol. The lowest BCUT2D eigenvalue weighted by Crippen LogP contribution is -2.37. The van der Waals surface area contributed by atoms with Crippen LogP contribution in [0.3, 0.4) is 0 Å². The zero-order valence-electron chi connectivity index (χ0n) is 15.0. The van der Waals surface area contributed by atoms with Gasteiger partial charge in [-0.05, 0) is 62.6 Å². The Morgan fingerprint density at radius 1 is 1.23 bits per heavy atom. The molecular formula is C19H22N2O3S2. The van der Waals surface area contributed by atoms with Crippen molar-refractivity contribution >= 4 is 33.4 Å². The van der Waals surface area contributed by atoms with Crippen molar-refractivity contribution in [2.75, 3.05) is 10.7 Å². The normalized spacial score (nSPS) is 16.6. The minimum Gasteiger partial charge on any atom is -0.308 e. The van der Waals surface area contributed by atoms with Crippen molar-refractivity contribution in [1.82, 2.24) is 0 Å². The van der Waals surface area contributed by atoms with Crippen molar-refractivity contribution in [3.8, 4) is 0 Å². The van der Waals surface area contributed by atoms with Crippen LogP contribution in [0.4, 0.5) is 5.69 Å². The van der Waals surface area contributed by atoms with E-state index in [1.54, 1.807) is 17.0 Å². The molecule has 5 nitrogen and oxygen atoms in total. The van der Waals surface area contributed by atoms with Crippen LogP contribution in [0.1, 0.15) is 23.6 Å². The summed E-state index contributed by atoms with van der Waals surface area (Å²) in [6.45, 7) is 6.04. The molecule has 0 radical (unpaired) electrons. The van der Waals surface area contributed by atoms with Crippen LogP contribution in [-0.4, -0.2) is 26.1 Å². The Bertz CT molecular complexity index is 971. The molecular weight excluding hydrogens is 368 g/mol. The van der Waals surface area contributed by atoms with Gasteiger partial charge in [-0.1, -0.05) is 17.7 Å². The fourth-order valence-corrected chi connectivity index (χ4v) is 4.78. The van der Waals surface area contributed by atoms with Crippen LogP contribution in [0.15, 0.2) is 46.2 Å². The van der Waals surface area contributed by atoms with Gasteiger partial charge in [-0.25, -0.2) is 13.6 Å². The van der Waals surface area contributed by atoms with E-state index < -0.39 is 10.0 Å². The maximum atomic E-state index is 12.8. The first-order valence-corrected chi connectivity index (χ1v) is 10.9. The number of aryl methyl sites for hydroxylation is 2. The van der Waals surface area contributed by atoms with Gasteiger partial charge < -0.3 is 4.90 Å². The Hall–Kier alpha value is -1.83. The van der Waals surface area contributed by atoms with Crippen molar-refractivity contribution in [3.05, 3.63) is 53.1 Å². The van der Waals surface area contributed by atoms with Gasteiger partial charge in [0.15, 0.2) is 0 Å². The Kier molecular flexibility index (Phi) is 5.14. The molecule has 0 bridgehead atoms. The number of amides is 1. The summed E-state index contributed by atoms with van der Waals surface area (Å²) < 4.78 is 23.1. The molecule has 0 saturated heterocycles. The molecule has 1 aliphatic rings. The fraction of sp³-hybridized carbons (Fsp3) is 0.316. The van der Waals surface area contributed by atoms with E-state index >= 15 is 0 Å². The number of carbonyl (C=O) groups is 1. The van der Waals surface area contributed by atoms with E-state index in [0.717, 1.165) is 21.7 Å². The van der Waals surface area contributed by atoms with Crippen LogP contribution in [0.5, 0.6) is 0 Å². The third-order valence-electron chi connectivity index (χ3n) is 4.56. The van der Waals surface area contributed by atoms with Crippen molar-refractivity contribution in [1.29, 1.82) is 0 Å². The topological polar surface area (TPSA) is 80.5 Å². The maximum absolute atomic E-state index is 12.8. The predicted molar refractivity (Wildman–Crippen MR) is 105 cm³/mol. The molecule has 1 unspecified atom stereocenters. The SMILES string of the molecule is Cc1ccc(C)c(SCC(=O)N2c3ccc(S(N)(=O)=O)cc3CC2C)c1. The fourth-order valence-electron chi connectivity index (χ4n) is 3.24. The predicted octanol–water partition coefficient (Wildman–Crippen LogP) is 3.02. The molecule has 0 saturated carbocycles. The summed E-state index contributed by atoms with van der Waals surface area (Å²) in [6.07, 6.45) is 0.624. The average Bonchev–Trinajstić information content (AvgIpc) is 2.89. The number of sulfonamides is 1. The standard InChI is InChI=1S/C19H22N2O3S2/c1-12-4-5-13(2)18(8-12)25-11-19(22)21-14(3)9-15-10-16(26(20,23)24)6-7-17(15)21/h4-8,10,14H,9,11H2,1-3H3,(H2,20,23,24). The Morgan fingerprint density at radius 3 is 2.65 bits per heavy atom. The first kappa shape index (κ1) is 18.9. The van der Waals surface area contributed by atoms with Gasteiger partial charge in [0.2, 0.25) is 15.9 Å². The van der Waals surface area contributed by atoms with Gasteiger partial charge in [0, 0.05) is 16.6 Å². The van der Waals surface area contributed by atoms with E-state index in [1.807, 2.05) is 20.8 Å². The molecule has 2 aromatic carbocycles. The van der Waals surface area contributed by atoms with Crippen molar-refractivity contribution < 1.29 is 13.2 Å². The summed E-state index contributed by atoms with van der Waals surface area (Å²) >= 11 is 1.53. The van der Waals surface area contributed by atoms with Gasteiger partial charge >= 0.3 is 0 Å². The number of hydrogen-bond acceptors (Lipinski definition) is 4. The lowest BCUT2D eigenvalue weighted by molar-refractivity contribution is -0.116. The first-order valence-electron chi connectivity index (χ1n) is 8.34. The molecule has 138 valence electrons. The van der Waals surface area contributed by atoms with E-state index in [9.17, 15) is 13.2 Å². The number of benzene rings is 2. The second-order valence-corrected chi connectivity index (χ2v) is 9.29. The number of primary sulfonamides is 1. The zero-order valence-corrected chi connectivity index (χ0v) is 16.7. The number of nitrogens with zero attached hydrogens (tertiary/aromatic N) is 1. The van der Waals surface area contributed by atoms with Gasteiger partial charge in [-0.2, -0.15) is 0 Å². The highest BCUT2D eigenvalue weighted by Crippen LogP contribution is 2.35. The number of fused-ring (bicyclic) bond motifs is 1. The summed E-state index contributed by atoms with van der Waals surface area (Å²) in [6, 6.07) is 10.9. The third kappa shape index (κ3) is 3.79. The molecule has 2 N–H and O–H groups in total. The van der Waals surface area contributed by atoms with Crippen LogP contribution in [0.2, 0.25) is 0 Å². The number of anilines is 1. The Balaban J connectivity index is 1.80. The van der Waals surface area contributed by atoms with Gasteiger partial charge in [0.25, 0.3) is 0 Å². The van der Waals surface area contributed by atoms with Gasteiger partial charge in [0.05, 0.1) is 10.6 Å². The number of hydrogen-bond donors (Lipinski definition) is 1. The number of rotatable bonds is 4. The molecule has 2 aromatic rings. The highest BCUT2D eigenvalue weighted by Gasteiger charge is 2.31. The van der Waals surface area contributed by atoms with Crippen molar-refractivity contribution in [2.45, 2.75) is 43.0 Å². The number of thioether (sulfide) groups is 1. The summed E-state index contributed by atoms with van der Waals surface area (Å²) in [5, 5.41) is 5.21. The lowest BCUT2D eigenvalue weighted by Gasteiger charge is -2.23. The quantitative estimate of drug-likeness (QED) is 0.814. The first-order chi connectivity index (χ1) is 12.2. The summed E-state index contributed by atoms with van der Waals surface area (Å²) in [5.74, 6) is 0.357. The Labute approximate surface area is 158 Å². The van der Waals surface area contributed by atoms with E-state index in [4.69, 9.17) is 5.14 Å². The highest BCUT2D eigenvalue weighted by molar-refractivity contribution is 8.00. The summed E-state index contributed by atoms with van der Waals surface area (Å²) in [7, 11) is -3.74. The van der Waals surface area contributed by atoms with Crippen molar-refractivity contribution in [3.63, 3.8) is 0 Å². The highest BCUT2D eigenvalue weighted by atomic mass is 32.2. The van der Waals surface area contributed by atoms with E-state index in [1.165, 1.54) is 23.4 Å². The molecule has 0 aromatic heterocycles. The lowest BCUT2D eigenvalue weighted by atomic mass is 10.1. The van der Waals surface area contributed by atoms with E-state index in [0.29, 0.717) is 12.2 Å². The molecule has 0 fully saturated rings. The van der Waals surface area contributed by atoms with Gasteiger partial charge in [-0.15, -0.1) is 11.8 Å². The van der Waals surface area contributed by atoms with Crippen molar-refractivity contribution in [2.24, 2.45) is 5.14 Å². The van der Waals surface area contributed by atoms with Crippen LogP contribution >= 0.6 is 11.8 Å². The number of nitrogens with two attached hydrogens (primary N) is 1. The molecule has 0 aliphatic carbocycles. The maximum Gasteiger partial charge on any atom is 0.238 e. The van der Waals surface area contributed by atoms with E-state index in [2.05, 4.69) is 18.2 Å². The smallest absolute Gasteiger partial charge is 0.238 e. The Morgan fingerprint density at radius 2 is 1.96 bits per heavy atom. The molecule has 1 amide bonds. The molecule has 3 rings (SSSR count). The molecule has 1 heterocycles. The van der Waals surface area contributed by atoms with Crippen LogP contribution in [0, 0.1) is 13.8 Å². The third-order valence-corrected chi connectivity index (χ3v) is 6.61. The molecule has 1 aliphatic heterocycles. The largest absolute Gasteiger partial charge is 0.308 e. The second kappa shape index (κ2) is 7.06. The average molecular weight is 391 g/mol.